The van der Waals surface area contributed by atoms with Crippen LogP contribution in [0.2, 0.25) is 0 Å². The molecule has 1 aliphatic heterocycles. The van der Waals surface area contributed by atoms with Crippen molar-refractivity contribution in [3.05, 3.63) is 53.7 Å². The molecule has 1 aliphatic rings. The Morgan fingerprint density at radius 2 is 2.19 bits per heavy atom. The summed E-state index contributed by atoms with van der Waals surface area (Å²) < 4.78 is 0. The van der Waals surface area contributed by atoms with E-state index in [1.807, 2.05) is 31.3 Å². The molecule has 0 saturated carbocycles. The second kappa shape index (κ2) is 8.30. The van der Waals surface area contributed by atoms with Crippen LogP contribution < -0.4 is 10.2 Å². The number of nitrogens with zero attached hydrogens (tertiary/aromatic N) is 5. The smallest absolute Gasteiger partial charge is 0.317 e. The van der Waals surface area contributed by atoms with E-state index in [1.165, 1.54) is 0 Å². The largest absolute Gasteiger partial charge is 0.353 e. The highest BCUT2D eigenvalue weighted by atomic mass is 16.2. The third kappa shape index (κ3) is 4.28. The zero-order chi connectivity index (χ0) is 18.4. The minimum absolute atomic E-state index is 0.0969. The lowest BCUT2D eigenvalue weighted by atomic mass is 10.0. The number of benzene rings is 1. The summed E-state index contributed by atoms with van der Waals surface area (Å²) in [5.41, 5.74) is 1.58. The number of nitrogens with one attached hydrogen (secondary N) is 1. The molecule has 2 amide bonds. The summed E-state index contributed by atoms with van der Waals surface area (Å²) in [7, 11) is 1.83. The van der Waals surface area contributed by atoms with E-state index >= 15 is 0 Å². The summed E-state index contributed by atoms with van der Waals surface area (Å²) in [5.74, 6) is 0.851. The molecule has 2 heterocycles. The molecule has 134 valence electrons. The maximum atomic E-state index is 12.5. The quantitative estimate of drug-likeness (QED) is 0.913. The number of amides is 2. The average molecular weight is 350 g/mol. The molecule has 1 aromatic heterocycles. The van der Waals surface area contributed by atoms with Crippen LogP contribution in [-0.4, -0.2) is 47.3 Å². The van der Waals surface area contributed by atoms with Gasteiger partial charge in [0, 0.05) is 32.9 Å². The molecule has 1 fully saturated rings. The number of likely N-dealkylation sites (N-methyl/N-ethyl adjacent to an activating group) is 1. The van der Waals surface area contributed by atoms with Crippen LogP contribution in [0.1, 0.15) is 24.0 Å². The number of nitriles is 1. The third-order valence-corrected chi connectivity index (χ3v) is 4.67. The van der Waals surface area contributed by atoms with Gasteiger partial charge in [0.25, 0.3) is 0 Å². The maximum absolute atomic E-state index is 12.5. The van der Waals surface area contributed by atoms with Gasteiger partial charge in [-0.25, -0.2) is 4.79 Å². The third-order valence-electron chi connectivity index (χ3n) is 4.67. The molecule has 3 rings (SSSR count). The Balaban J connectivity index is 1.54. The van der Waals surface area contributed by atoms with Gasteiger partial charge < -0.3 is 15.1 Å². The van der Waals surface area contributed by atoms with Gasteiger partial charge in [0.2, 0.25) is 0 Å². The second-order valence-corrected chi connectivity index (χ2v) is 6.40. The van der Waals surface area contributed by atoms with E-state index in [0.29, 0.717) is 12.1 Å². The molecule has 26 heavy (non-hydrogen) atoms. The molecular formula is C19H22N6O. The van der Waals surface area contributed by atoms with Gasteiger partial charge in [0.15, 0.2) is 5.82 Å². The number of hydrogen-bond acceptors (Lipinski definition) is 5. The second-order valence-electron chi connectivity index (χ2n) is 6.40. The molecule has 0 radical (unpaired) electrons. The lowest BCUT2D eigenvalue weighted by Gasteiger charge is -2.37. The number of carbonyl (C=O) groups is 1. The number of anilines is 1. The molecule has 7 nitrogen and oxygen atoms in total. The lowest BCUT2D eigenvalue weighted by Crippen LogP contribution is -2.51. The van der Waals surface area contributed by atoms with Crippen LogP contribution >= 0.6 is 0 Å². The standard InChI is InChI=1S/C19H22N6O/c1-24(19(26)21-13-16-8-6-15(12-20)7-9-16)17-4-3-11-25(14-17)18-5-2-10-22-23-18/h2,5-10,17H,3-4,11,13-14H2,1H3,(H,21,26)/t17-/m1/s1. The predicted octanol–water partition coefficient (Wildman–Crippen LogP) is 2.16. The van der Waals surface area contributed by atoms with Crippen LogP contribution in [0.4, 0.5) is 10.6 Å². The van der Waals surface area contributed by atoms with Crippen molar-refractivity contribution in [2.24, 2.45) is 0 Å². The van der Waals surface area contributed by atoms with Gasteiger partial charge in [-0.3, -0.25) is 0 Å². The number of piperidine rings is 1. The normalized spacial score (nSPS) is 16.6. The van der Waals surface area contributed by atoms with E-state index in [9.17, 15) is 4.79 Å². The number of urea groups is 1. The summed E-state index contributed by atoms with van der Waals surface area (Å²) >= 11 is 0. The fourth-order valence-corrected chi connectivity index (χ4v) is 3.11. The first-order valence-electron chi connectivity index (χ1n) is 8.69. The van der Waals surface area contributed by atoms with E-state index in [1.54, 1.807) is 23.2 Å². The topological polar surface area (TPSA) is 85.2 Å². The Morgan fingerprint density at radius 3 is 2.88 bits per heavy atom. The van der Waals surface area contributed by atoms with Crippen molar-refractivity contribution in [2.45, 2.75) is 25.4 Å². The van der Waals surface area contributed by atoms with Gasteiger partial charge in [0.1, 0.15) is 0 Å². The molecule has 1 saturated heterocycles. The van der Waals surface area contributed by atoms with E-state index in [0.717, 1.165) is 37.3 Å². The fraction of sp³-hybridized carbons (Fsp3) is 0.368. The molecule has 2 aromatic rings. The summed E-state index contributed by atoms with van der Waals surface area (Å²) in [4.78, 5) is 16.4. The molecular weight excluding hydrogens is 328 g/mol. The monoisotopic (exact) mass is 350 g/mol. The summed E-state index contributed by atoms with van der Waals surface area (Å²) in [5, 5.41) is 19.9. The highest BCUT2D eigenvalue weighted by Crippen LogP contribution is 2.19. The fourth-order valence-electron chi connectivity index (χ4n) is 3.11. The van der Waals surface area contributed by atoms with Gasteiger partial charge >= 0.3 is 6.03 Å². The number of hydrogen-bond donors (Lipinski definition) is 1. The van der Waals surface area contributed by atoms with Crippen LogP contribution in [-0.2, 0) is 6.54 Å². The van der Waals surface area contributed by atoms with Crippen molar-refractivity contribution in [2.75, 3.05) is 25.0 Å². The first kappa shape index (κ1) is 17.7. The van der Waals surface area contributed by atoms with Gasteiger partial charge in [-0.15, -0.1) is 5.10 Å². The van der Waals surface area contributed by atoms with E-state index in [-0.39, 0.29) is 12.1 Å². The van der Waals surface area contributed by atoms with Gasteiger partial charge in [0.05, 0.1) is 17.7 Å². The molecule has 0 spiro atoms. The Labute approximate surface area is 153 Å². The first-order valence-corrected chi connectivity index (χ1v) is 8.69. The van der Waals surface area contributed by atoms with Crippen molar-refractivity contribution in [3.8, 4) is 6.07 Å². The zero-order valence-corrected chi connectivity index (χ0v) is 14.8. The SMILES string of the molecule is CN(C(=O)NCc1ccc(C#N)cc1)[C@@H]1CCCN(c2cccnn2)C1. The Morgan fingerprint density at radius 1 is 1.38 bits per heavy atom. The molecule has 1 N–H and O–H groups in total. The van der Waals surface area contributed by atoms with E-state index in [4.69, 9.17) is 5.26 Å². The van der Waals surface area contributed by atoms with Crippen LogP contribution in [0.25, 0.3) is 0 Å². The number of carbonyl (C=O) groups excluding carboxylic acids is 1. The minimum Gasteiger partial charge on any atom is -0.353 e. The van der Waals surface area contributed by atoms with Crippen molar-refractivity contribution >= 4 is 11.8 Å². The predicted molar refractivity (Wildman–Crippen MR) is 98.4 cm³/mol. The number of aromatic nitrogens is 2. The average Bonchev–Trinajstić information content (AvgIpc) is 2.72. The van der Waals surface area contributed by atoms with Crippen molar-refractivity contribution < 1.29 is 4.79 Å². The highest BCUT2D eigenvalue weighted by Gasteiger charge is 2.26. The molecule has 0 unspecified atom stereocenters. The van der Waals surface area contributed by atoms with Crippen LogP contribution in [0.15, 0.2) is 42.6 Å². The molecule has 1 atom stereocenters. The van der Waals surface area contributed by atoms with Gasteiger partial charge in [-0.2, -0.15) is 10.4 Å². The Hall–Kier alpha value is -3.14. The van der Waals surface area contributed by atoms with Gasteiger partial charge in [-0.1, -0.05) is 12.1 Å². The molecule has 1 aromatic carbocycles. The highest BCUT2D eigenvalue weighted by molar-refractivity contribution is 5.74. The number of rotatable bonds is 4. The molecule has 0 aliphatic carbocycles. The Kier molecular flexibility index (Phi) is 5.64. The Bertz CT molecular complexity index is 771. The summed E-state index contributed by atoms with van der Waals surface area (Å²) in [6.45, 7) is 2.12. The van der Waals surface area contributed by atoms with E-state index in [2.05, 4.69) is 26.5 Å². The zero-order valence-electron chi connectivity index (χ0n) is 14.8. The van der Waals surface area contributed by atoms with Crippen molar-refractivity contribution in [1.82, 2.24) is 20.4 Å². The first-order chi connectivity index (χ1) is 12.7. The van der Waals surface area contributed by atoms with Crippen LogP contribution in [0, 0.1) is 11.3 Å². The van der Waals surface area contributed by atoms with Gasteiger partial charge in [-0.05, 0) is 42.7 Å². The molecule has 7 heteroatoms. The van der Waals surface area contributed by atoms with Crippen LogP contribution in [0.5, 0.6) is 0 Å². The van der Waals surface area contributed by atoms with E-state index < -0.39 is 0 Å². The van der Waals surface area contributed by atoms with Crippen molar-refractivity contribution in [3.63, 3.8) is 0 Å². The van der Waals surface area contributed by atoms with Crippen molar-refractivity contribution in [1.29, 1.82) is 5.26 Å². The lowest BCUT2D eigenvalue weighted by molar-refractivity contribution is 0.182. The molecule has 0 bridgehead atoms. The van der Waals surface area contributed by atoms with Crippen LogP contribution in [0.3, 0.4) is 0 Å². The summed E-state index contributed by atoms with van der Waals surface area (Å²) in [6, 6.07) is 13.2. The minimum atomic E-state index is -0.0969. The maximum Gasteiger partial charge on any atom is 0.317 e. The summed E-state index contributed by atoms with van der Waals surface area (Å²) in [6.07, 6.45) is 3.64.